The minimum absolute atomic E-state index is 0.0556. The molecule has 0 aromatic carbocycles. The average Bonchev–Trinajstić information content (AvgIpc) is 2.50. The molecule has 2 atom stereocenters. The molecular weight excluding hydrogens is 270 g/mol. The molecule has 0 aliphatic rings. The number of methoxy groups -OCH3 is 1. The topological polar surface area (TPSA) is 59.0 Å². The molecule has 2 unspecified atom stereocenters. The number of aliphatic hydroxyl groups is 1. The predicted molar refractivity (Wildman–Crippen MR) is 82.9 cm³/mol. The van der Waals surface area contributed by atoms with E-state index in [1.54, 1.807) is 12.0 Å². The van der Waals surface area contributed by atoms with Crippen LogP contribution in [0.3, 0.4) is 0 Å². The lowest BCUT2D eigenvalue weighted by atomic mass is 10.1. The predicted octanol–water partition coefficient (Wildman–Crippen LogP) is 1.91. The van der Waals surface area contributed by atoms with Gasteiger partial charge in [-0.3, -0.25) is 4.79 Å². The number of ether oxygens (including phenoxy) is 2. The maximum atomic E-state index is 12.2. The third-order valence-electron chi connectivity index (χ3n) is 3.35. The molecule has 0 aromatic rings. The van der Waals surface area contributed by atoms with Gasteiger partial charge in [-0.1, -0.05) is 13.8 Å². The van der Waals surface area contributed by atoms with E-state index in [2.05, 4.69) is 0 Å². The van der Waals surface area contributed by atoms with E-state index in [0.29, 0.717) is 45.6 Å². The number of nitrogens with zero attached hydrogens (tertiary/aromatic N) is 1. The van der Waals surface area contributed by atoms with E-state index in [4.69, 9.17) is 16.4 Å². The van der Waals surface area contributed by atoms with E-state index in [-0.39, 0.29) is 11.9 Å². The molecule has 0 aliphatic carbocycles. The van der Waals surface area contributed by atoms with Crippen LogP contribution in [0.2, 0.25) is 0 Å². The Balaban J connectivity index is 3.99. The second-order valence-corrected chi connectivity index (χ2v) is 5.15. The van der Waals surface area contributed by atoms with E-state index in [1.807, 2.05) is 13.8 Å². The van der Waals surface area contributed by atoms with Crippen LogP contribution in [0, 0.1) is 6.92 Å². The molecule has 0 fully saturated rings. The van der Waals surface area contributed by atoms with Crippen LogP contribution in [0.4, 0.5) is 0 Å². The Morgan fingerprint density at radius 3 is 2.52 bits per heavy atom. The molecule has 124 valence electrons. The van der Waals surface area contributed by atoms with Gasteiger partial charge in [0.15, 0.2) is 0 Å². The largest absolute Gasteiger partial charge is 0.391 e. The van der Waals surface area contributed by atoms with Crippen molar-refractivity contribution < 1.29 is 19.4 Å². The first-order valence-corrected chi connectivity index (χ1v) is 7.86. The van der Waals surface area contributed by atoms with Crippen LogP contribution >= 0.6 is 0 Å². The van der Waals surface area contributed by atoms with Gasteiger partial charge >= 0.3 is 0 Å². The third kappa shape index (κ3) is 9.82. The summed E-state index contributed by atoms with van der Waals surface area (Å²) in [4.78, 5) is 13.9. The summed E-state index contributed by atoms with van der Waals surface area (Å²) in [6, 6.07) is -0.239. The summed E-state index contributed by atoms with van der Waals surface area (Å²) >= 11 is 0. The summed E-state index contributed by atoms with van der Waals surface area (Å²) in [6.45, 7) is 11.9. The highest BCUT2D eigenvalue weighted by molar-refractivity contribution is 5.76. The minimum Gasteiger partial charge on any atom is -0.391 e. The SMILES string of the molecule is [CH]C(CC)N(CCCOC)C(=O)CCCOCC(O)CC. The molecule has 0 bridgehead atoms. The molecular formula is C16H31NO4. The summed E-state index contributed by atoms with van der Waals surface area (Å²) in [6.07, 6.45) is 2.85. The van der Waals surface area contributed by atoms with Crippen LogP contribution in [0.15, 0.2) is 0 Å². The van der Waals surface area contributed by atoms with Crippen molar-refractivity contribution >= 4 is 5.91 Å². The Bertz CT molecular complexity index is 261. The number of carbonyl (C=O) groups is 1. The zero-order chi connectivity index (χ0) is 16.1. The summed E-state index contributed by atoms with van der Waals surface area (Å²) in [7, 11) is 1.65. The van der Waals surface area contributed by atoms with Crippen molar-refractivity contribution in [3.8, 4) is 0 Å². The first kappa shape index (κ1) is 20.3. The number of carbonyl (C=O) groups excluding carboxylic acids is 1. The van der Waals surface area contributed by atoms with Crippen molar-refractivity contribution in [2.45, 2.75) is 58.1 Å². The van der Waals surface area contributed by atoms with Crippen LogP contribution in [0.25, 0.3) is 0 Å². The Hall–Kier alpha value is -0.650. The van der Waals surface area contributed by atoms with Crippen molar-refractivity contribution in [1.29, 1.82) is 0 Å². The molecule has 1 amide bonds. The number of rotatable bonds is 13. The van der Waals surface area contributed by atoms with Gasteiger partial charge in [-0.25, -0.2) is 0 Å². The van der Waals surface area contributed by atoms with E-state index in [0.717, 1.165) is 12.8 Å². The summed E-state index contributed by atoms with van der Waals surface area (Å²) in [5.74, 6) is 0.0556. The maximum Gasteiger partial charge on any atom is 0.222 e. The summed E-state index contributed by atoms with van der Waals surface area (Å²) in [5.41, 5.74) is 0. The molecule has 5 heteroatoms. The normalized spacial score (nSPS) is 14.0. The number of hydrogen-bond donors (Lipinski definition) is 1. The molecule has 21 heavy (non-hydrogen) atoms. The smallest absolute Gasteiger partial charge is 0.222 e. The standard InChI is InChI=1S/C16H31NO4/c1-5-14(3)17(10-8-11-20-4)16(19)9-7-12-21-13-15(18)6-2/h3,14-15,18H,5-13H2,1-2,4H3. The van der Waals surface area contributed by atoms with Gasteiger partial charge in [-0.05, 0) is 32.6 Å². The van der Waals surface area contributed by atoms with Crippen LogP contribution < -0.4 is 0 Å². The van der Waals surface area contributed by atoms with Crippen molar-refractivity contribution in [2.75, 3.05) is 33.5 Å². The van der Waals surface area contributed by atoms with Crippen LogP contribution in [-0.2, 0) is 14.3 Å². The second-order valence-electron chi connectivity index (χ2n) is 5.15. The molecule has 1 N–H and O–H groups in total. The van der Waals surface area contributed by atoms with Gasteiger partial charge in [0, 0.05) is 39.3 Å². The van der Waals surface area contributed by atoms with Gasteiger partial charge in [-0.15, -0.1) is 0 Å². The van der Waals surface area contributed by atoms with E-state index in [9.17, 15) is 9.90 Å². The second kappa shape index (κ2) is 13.0. The zero-order valence-corrected chi connectivity index (χ0v) is 13.7. The average molecular weight is 301 g/mol. The van der Waals surface area contributed by atoms with Gasteiger partial charge in [0.2, 0.25) is 5.91 Å². The molecule has 0 heterocycles. The number of aliphatic hydroxyl groups excluding tert-OH is 1. The fourth-order valence-electron chi connectivity index (χ4n) is 1.88. The van der Waals surface area contributed by atoms with Gasteiger partial charge in [0.05, 0.1) is 12.7 Å². The molecule has 0 rings (SSSR count). The van der Waals surface area contributed by atoms with Gasteiger partial charge < -0.3 is 19.5 Å². The van der Waals surface area contributed by atoms with Gasteiger partial charge in [0.1, 0.15) is 0 Å². The summed E-state index contributed by atoms with van der Waals surface area (Å²) < 4.78 is 10.3. The highest BCUT2D eigenvalue weighted by Gasteiger charge is 2.18. The molecule has 0 saturated heterocycles. The van der Waals surface area contributed by atoms with Crippen LogP contribution in [0.1, 0.15) is 46.0 Å². The zero-order valence-electron chi connectivity index (χ0n) is 13.7. The fourth-order valence-corrected chi connectivity index (χ4v) is 1.88. The highest BCUT2D eigenvalue weighted by atomic mass is 16.5. The minimum atomic E-state index is -0.417. The Morgan fingerprint density at radius 1 is 1.24 bits per heavy atom. The van der Waals surface area contributed by atoms with Crippen molar-refractivity contribution in [3.63, 3.8) is 0 Å². The molecule has 5 nitrogen and oxygen atoms in total. The molecule has 2 radical (unpaired) electrons. The Kier molecular flexibility index (Phi) is 12.6. The quantitative estimate of drug-likeness (QED) is 0.528. The third-order valence-corrected chi connectivity index (χ3v) is 3.35. The van der Waals surface area contributed by atoms with Crippen molar-refractivity contribution in [2.24, 2.45) is 0 Å². The molecule has 0 aromatic heterocycles. The molecule has 0 aliphatic heterocycles. The lowest BCUT2D eigenvalue weighted by Crippen LogP contribution is -2.39. The van der Waals surface area contributed by atoms with Crippen LogP contribution in [-0.4, -0.2) is 61.5 Å². The Labute approximate surface area is 129 Å². The van der Waals surface area contributed by atoms with Crippen LogP contribution in [0.5, 0.6) is 0 Å². The lowest BCUT2D eigenvalue weighted by molar-refractivity contribution is -0.133. The van der Waals surface area contributed by atoms with Crippen molar-refractivity contribution in [3.05, 3.63) is 6.92 Å². The van der Waals surface area contributed by atoms with E-state index < -0.39 is 6.10 Å². The maximum absolute atomic E-state index is 12.2. The molecule has 0 spiro atoms. The lowest BCUT2D eigenvalue weighted by Gasteiger charge is -2.28. The number of hydrogen-bond acceptors (Lipinski definition) is 4. The van der Waals surface area contributed by atoms with Gasteiger partial charge in [0.25, 0.3) is 0 Å². The summed E-state index contributed by atoms with van der Waals surface area (Å²) in [5, 5.41) is 9.35. The van der Waals surface area contributed by atoms with E-state index >= 15 is 0 Å². The first-order valence-electron chi connectivity index (χ1n) is 7.86. The monoisotopic (exact) mass is 301 g/mol. The highest BCUT2D eigenvalue weighted by Crippen LogP contribution is 2.08. The van der Waals surface area contributed by atoms with Crippen molar-refractivity contribution in [1.82, 2.24) is 4.90 Å². The van der Waals surface area contributed by atoms with E-state index in [1.165, 1.54) is 0 Å². The van der Waals surface area contributed by atoms with Gasteiger partial charge in [-0.2, -0.15) is 0 Å². The first-order chi connectivity index (χ1) is 10.1. The Morgan fingerprint density at radius 2 is 1.95 bits per heavy atom. The molecule has 0 saturated carbocycles. The number of amides is 1. The fraction of sp³-hybridized carbons (Fsp3) is 0.875.